The average Bonchev–Trinajstić information content (AvgIpc) is 3.40. The summed E-state index contributed by atoms with van der Waals surface area (Å²) < 4.78 is 0. The van der Waals surface area contributed by atoms with Crippen molar-refractivity contribution < 1.29 is 9.85 Å². The van der Waals surface area contributed by atoms with Crippen molar-refractivity contribution in [1.82, 2.24) is 0 Å². The molecule has 0 spiro atoms. The molecule has 0 aliphatic rings. The summed E-state index contributed by atoms with van der Waals surface area (Å²) in [7, 11) is 0. The maximum absolute atomic E-state index is 11.7. The first kappa shape index (κ1) is 19.9. The van der Waals surface area contributed by atoms with Gasteiger partial charge in [0.1, 0.15) is 5.02 Å². The highest BCUT2D eigenvalue weighted by Gasteiger charge is 2.27. The van der Waals surface area contributed by atoms with Crippen molar-refractivity contribution in [1.29, 1.82) is 0 Å². The largest absolute Gasteiger partial charge is 0.364 e. The van der Waals surface area contributed by atoms with Gasteiger partial charge in [-0.05, 0) is 17.2 Å². The number of hydrogen-bond acceptors (Lipinski definition) is 5. The molecule has 4 aromatic rings. The second-order valence-electron chi connectivity index (χ2n) is 5.93. The Morgan fingerprint density at radius 1 is 0.655 bits per heavy atom. The molecule has 0 aromatic heterocycles. The van der Waals surface area contributed by atoms with Gasteiger partial charge in [-0.1, -0.05) is 78.3 Å². The van der Waals surface area contributed by atoms with Crippen molar-refractivity contribution >= 4 is 23.0 Å². The number of rotatable bonds is 4. The second kappa shape index (κ2) is 8.45. The molecule has 0 atom stereocenters. The molecule has 0 N–H and O–H groups in total. The van der Waals surface area contributed by atoms with Crippen LogP contribution in [0.25, 0.3) is 22.3 Å². The van der Waals surface area contributed by atoms with E-state index in [0.717, 1.165) is 28.3 Å². The summed E-state index contributed by atoms with van der Waals surface area (Å²) in [4.78, 5) is 30.7. The Labute approximate surface area is 169 Å². The highest BCUT2D eigenvalue weighted by Crippen LogP contribution is 2.34. The van der Waals surface area contributed by atoms with E-state index in [1.165, 1.54) is 12.1 Å². The quantitative estimate of drug-likeness (QED) is 0.331. The van der Waals surface area contributed by atoms with Gasteiger partial charge in [-0.2, -0.15) is 0 Å². The first-order chi connectivity index (χ1) is 13.9. The second-order valence-corrected chi connectivity index (χ2v) is 6.34. The number of nitro benzene ring substituents is 2. The third-order valence-corrected chi connectivity index (χ3v) is 4.42. The van der Waals surface area contributed by atoms with E-state index >= 15 is 0 Å². The number of halogens is 1. The van der Waals surface area contributed by atoms with Crippen LogP contribution in [0.1, 0.15) is 0 Å². The summed E-state index contributed by atoms with van der Waals surface area (Å²) in [6.07, 6.45) is 0. The van der Waals surface area contributed by atoms with Gasteiger partial charge in [0.2, 0.25) is 0 Å². The molecule has 0 amide bonds. The van der Waals surface area contributed by atoms with Gasteiger partial charge in [0.05, 0.1) is 9.85 Å². The highest BCUT2D eigenvalue weighted by atomic mass is 35.5. The zero-order chi connectivity index (χ0) is 21.0. The molecule has 0 aliphatic heterocycles. The van der Waals surface area contributed by atoms with Gasteiger partial charge in [0.25, 0.3) is 0 Å². The van der Waals surface area contributed by atoms with Gasteiger partial charge in [-0.25, -0.2) is 0 Å². The Morgan fingerprint density at radius 3 is 1.52 bits per heavy atom. The van der Waals surface area contributed by atoms with E-state index in [-0.39, 0.29) is 10.5 Å². The minimum Gasteiger partial charge on any atom is -0.289 e. The Hall–Kier alpha value is -3.84. The number of nitro groups is 2. The fourth-order valence-corrected chi connectivity index (χ4v) is 3.00. The molecule has 0 unspecified atom stereocenters. The predicted octanol–water partition coefficient (Wildman–Crippen LogP) is 5.41. The molecule has 29 heavy (non-hydrogen) atoms. The van der Waals surface area contributed by atoms with Crippen LogP contribution in [-0.2, 0) is 0 Å². The van der Waals surface area contributed by atoms with Crippen molar-refractivity contribution in [3.8, 4) is 22.3 Å². The van der Waals surface area contributed by atoms with Crippen molar-refractivity contribution in [2.75, 3.05) is 0 Å². The normalized spacial score (nSPS) is 10.2. The monoisotopic (exact) mass is 408 g/mol. The molecule has 0 bridgehead atoms. The fraction of sp³-hybridized carbons (Fsp3) is 0. The first-order valence-electron chi connectivity index (χ1n) is 8.39. The maximum Gasteiger partial charge on any atom is 0.364 e. The minimum atomic E-state index is -0.875. The zero-order valence-electron chi connectivity index (χ0n) is 14.8. The summed E-state index contributed by atoms with van der Waals surface area (Å²) in [6, 6.07) is 23.2. The number of para-hydroxylation sites is 1. The SMILES string of the molecule is O=[N+]([O-])c1cccc(Cl)c1[N+](=O)[O-].O=c1c(-c2ccccc2)c1-c1ccccc1. The van der Waals surface area contributed by atoms with Crippen LogP contribution in [0.15, 0.2) is 83.7 Å². The van der Waals surface area contributed by atoms with Gasteiger partial charge >= 0.3 is 11.4 Å². The van der Waals surface area contributed by atoms with Crippen LogP contribution in [0.2, 0.25) is 5.02 Å². The summed E-state index contributed by atoms with van der Waals surface area (Å²) >= 11 is 5.42. The Balaban J connectivity index is 0.000000170. The van der Waals surface area contributed by atoms with E-state index < -0.39 is 21.2 Å². The van der Waals surface area contributed by atoms with Gasteiger partial charge < -0.3 is 0 Å². The number of nitrogens with zero attached hydrogens (tertiary/aromatic N) is 2. The smallest absolute Gasteiger partial charge is 0.289 e. The molecule has 0 saturated carbocycles. The van der Waals surface area contributed by atoms with Gasteiger partial charge in [-0.3, -0.25) is 25.0 Å². The summed E-state index contributed by atoms with van der Waals surface area (Å²) in [6.45, 7) is 0. The molecule has 4 rings (SSSR count). The lowest BCUT2D eigenvalue weighted by Crippen LogP contribution is -1.96. The third kappa shape index (κ3) is 4.36. The van der Waals surface area contributed by atoms with Crippen LogP contribution in [0.3, 0.4) is 0 Å². The minimum absolute atomic E-state index is 0.178. The molecule has 144 valence electrons. The summed E-state index contributed by atoms with van der Waals surface area (Å²) in [5.41, 5.74) is 2.68. The lowest BCUT2D eigenvalue weighted by molar-refractivity contribution is -0.422. The molecule has 0 aliphatic carbocycles. The lowest BCUT2D eigenvalue weighted by atomic mass is 10.1. The van der Waals surface area contributed by atoms with Crippen LogP contribution in [0, 0.1) is 20.2 Å². The Morgan fingerprint density at radius 2 is 1.14 bits per heavy atom. The molecule has 4 aromatic carbocycles. The van der Waals surface area contributed by atoms with E-state index in [2.05, 4.69) is 0 Å². The van der Waals surface area contributed by atoms with Crippen molar-refractivity contribution in [3.63, 3.8) is 0 Å². The molecule has 7 nitrogen and oxygen atoms in total. The van der Waals surface area contributed by atoms with Gasteiger partial charge in [-0.15, -0.1) is 0 Å². The first-order valence-corrected chi connectivity index (χ1v) is 8.76. The van der Waals surface area contributed by atoms with Crippen LogP contribution in [0.4, 0.5) is 11.4 Å². The van der Waals surface area contributed by atoms with E-state index in [0.29, 0.717) is 0 Å². The van der Waals surface area contributed by atoms with E-state index in [1.54, 1.807) is 0 Å². The average molecular weight is 409 g/mol. The lowest BCUT2D eigenvalue weighted by Gasteiger charge is -1.95. The standard InChI is InChI=1S/C15H10O.C6H3ClN2O4/c16-15-13(11-7-3-1-4-8-11)14(15)12-9-5-2-6-10-12;7-4-2-1-3-5(8(10)11)6(4)9(12)13/h1-10H;1-3H. The van der Waals surface area contributed by atoms with Crippen molar-refractivity contribution in [2.24, 2.45) is 0 Å². The Kier molecular flexibility index (Phi) is 5.80. The predicted molar refractivity (Wildman–Crippen MR) is 111 cm³/mol. The highest BCUT2D eigenvalue weighted by molar-refractivity contribution is 6.33. The molecule has 0 radical (unpaired) electrons. The van der Waals surface area contributed by atoms with Crippen LogP contribution >= 0.6 is 11.6 Å². The van der Waals surface area contributed by atoms with Crippen LogP contribution < -0.4 is 5.43 Å². The maximum atomic E-state index is 11.7. The van der Waals surface area contributed by atoms with E-state index in [4.69, 9.17) is 11.6 Å². The van der Waals surface area contributed by atoms with Crippen molar-refractivity contribution in [3.05, 3.63) is 114 Å². The Bertz CT molecular complexity index is 1130. The van der Waals surface area contributed by atoms with Gasteiger partial charge in [0.15, 0.2) is 5.43 Å². The van der Waals surface area contributed by atoms with E-state index in [9.17, 15) is 25.0 Å². The van der Waals surface area contributed by atoms with Gasteiger partial charge in [0, 0.05) is 17.2 Å². The molecular weight excluding hydrogens is 396 g/mol. The van der Waals surface area contributed by atoms with Crippen molar-refractivity contribution in [2.45, 2.75) is 0 Å². The molecule has 0 heterocycles. The fourth-order valence-electron chi connectivity index (χ4n) is 2.76. The molecule has 0 saturated heterocycles. The summed E-state index contributed by atoms with van der Waals surface area (Å²) in [5.74, 6) is 0. The number of benzene rings is 3. The number of hydrogen-bond donors (Lipinski definition) is 0. The topological polar surface area (TPSA) is 103 Å². The van der Waals surface area contributed by atoms with E-state index in [1.807, 2.05) is 60.7 Å². The molecule has 8 heteroatoms. The third-order valence-electron chi connectivity index (χ3n) is 4.11. The van der Waals surface area contributed by atoms with Crippen LogP contribution in [-0.4, -0.2) is 9.85 Å². The van der Waals surface area contributed by atoms with Crippen LogP contribution in [0.5, 0.6) is 0 Å². The zero-order valence-corrected chi connectivity index (χ0v) is 15.6. The molecule has 0 fully saturated rings. The molecular formula is C21H13ClN2O5. The summed E-state index contributed by atoms with van der Waals surface area (Å²) in [5, 5.41) is 20.4.